The van der Waals surface area contributed by atoms with Crippen LogP contribution >= 0.6 is 11.6 Å². The van der Waals surface area contributed by atoms with E-state index in [9.17, 15) is 9.59 Å². The normalized spacial score (nSPS) is 20.0. The topological polar surface area (TPSA) is 79.5 Å². The first kappa shape index (κ1) is 15.1. The number of anilines is 2. The first-order chi connectivity index (χ1) is 10.6. The summed E-state index contributed by atoms with van der Waals surface area (Å²) in [6.07, 6.45) is 3.57. The van der Waals surface area contributed by atoms with Crippen LogP contribution in [0.15, 0.2) is 12.1 Å². The molecule has 1 unspecified atom stereocenters. The largest absolute Gasteiger partial charge is 0.482 e. The molecule has 1 aromatic carbocycles. The number of nitrogens with one attached hydrogen (secondary N) is 3. The molecule has 2 heterocycles. The van der Waals surface area contributed by atoms with Gasteiger partial charge in [0, 0.05) is 18.5 Å². The van der Waals surface area contributed by atoms with E-state index < -0.39 is 0 Å². The van der Waals surface area contributed by atoms with Gasteiger partial charge in [0.15, 0.2) is 6.61 Å². The second-order valence-electron chi connectivity index (χ2n) is 5.55. The Morgan fingerprint density at radius 3 is 3.09 bits per heavy atom. The van der Waals surface area contributed by atoms with Gasteiger partial charge in [0.05, 0.1) is 16.4 Å². The van der Waals surface area contributed by atoms with Crippen molar-refractivity contribution in [2.45, 2.75) is 31.7 Å². The highest BCUT2D eigenvalue weighted by atomic mass is 35.5. The molecule has 0 spiro atoms. The molecule has 0 bridgehead atoms. The number of fused-ring (bicyclic) bond motifs is 1. The van der Waals surface area contributed by atoms with Gasteiger partial charge in [0.2, 0.25) is 5.91 Å². The number of halogens is 1. The Labute approximate surface area is 133 Å². The standard InChI is InChI=1S/C15H18ClN3O3/c16-10-6-12-13(22-8-15(21)19-12)7-11(10)18-14(20)4-3-9-2-1-5-17-9/h6-7,9,17H,1-5,8H2,(H,18,20)(H,19,21). The molecular weight excluding hydrogens is 306 g/mol. The van der Waals surface area contributed by atoms with Crippen LogP contribution in [0.3, 0.4) is 0 Å². The average molecular weight is 324 g/mol. The van der Waals surface area contributed by atoms with Crippen LogP contribution in [0.5, 0.6) is 5.75 Å². The zero-order valence-corrected chi connectivity index (χ0v) is 12.8. The molecule has 0 aliphatic carbocycles. The molecule has 3 N–H and O–H groups in total. The van der Waals surface area contributed by atoms with E-state index in [0.29, 0.717) is 34.6 Å². The van der Waals surface area contributed by atoms with Crippen LogP contribution in [0.2, 0.25) is 5.02 Å². The second kappa shape index (κ2) is 6.54. The van der Waals surface area contributed by atoms with Crippen molar-refractivity contribution in [1.29, 1.82) is 0 Å². The van der Waals surface area contributed by atoms with E-state index in [0.717, 1.165) is 19.4 Å². The molecule has 1 aromatic rings. The molecule has 1 atom stereocenters. The van der Waals surface area contributed by atoms with Crippen LogP contribution in [0.1, 0.15) is 25.7 Å². The van der Waals surface area contributed by atoms with Crippen molar-refractivity contribution in [3.8, 4) is 5.75 Å². The Kier molecular flexibility index (Phi) is 4.49. The maximum Gasteiger partial charge on any atom is 0.262 e. The number of benzene rings is 1. The average Bonchev–Trinajstić information content (AvgIpc) is 2.99. The number of carbonyl (C=O) groups excluding carboxylic acids is 2. The van der Waals surface area contributed by atoms with Crippen LogP contribution in [0, 0.1) is 0 Å². The first-order valence-electron chi connectivity index (χ1n) is 7.41. The van der Waals surface area contributed by atoms with E-state index in [1.165, 1.54) is 6.42 Å². The third-order valence-corrected chi connectivity index (χ3v) is 4.17. The number of carbonyl (C=O) groups is 2. The van der Waals surface area contributed by atoms with Crippen molar-refractivity contribution in [2.24, 2.45) is 0 Å². The van der Waals surface area contributed by atoms with Crippen LogP contribution in [-0.4, -0.2) is 31.0 Å². The van der Waals surface area contributed by atoms with Crippen LogP contribution < -0.4 is 20.7 Å². The number of rotatable bonds is 4. The number of hydrogen-bond acceptors (Lipinski definition) is 4. The smallest absolute Gasteiger partial charge is 0.262 e. The fraction of sp³-hybridized carbons (Fsp3) is 0.467. The summed E-state index contributed by atoms with van der Waals surface area (Å²) in [5.74, 6) is 0.219. The maximum atomic E-state index is 12.0. The lowest BCUT2D eigenvalue weighted by atomic mass is 10.1. The van der Waals surface area contributed by atoms with Gasteiger partial charge in [-0.2, -0.15) is 0 Å². The predicted octanol–water partition coefficient (Wildman–Crippen LogP) is 2.14. The van der Waals surface area contributed by atoms with Crippen molar-refractivity contribution in [1.82, 2.24) is 5.32 Å². The van der Waals surface area contributed by atoms with Gasteiger partial charge in [0.1, 0.15) is 5.75 Å². The van der Waals surface area contributed by atoms with Gasteiger partial charge in [-0.05, 0) is 31.9 Å². The summed E-state index contributed by atoms with van der Waals surface area (Å²) < 4.78 is 5.32. The van der Waals surface area contributed by atoms with Crippen molar-refractivity contribution in [3.05, 3.63) is 17.2 Å². The van der Waals surface area contributed by atoms with Gasteiger partial charge in [-0.25, -0.2) is 0 Å². The van der Waals surface area contributed by atoms with Crippen molar-refractivity contribution in [2.75, 3.05) is 23.8 Å². The van der Waals surface area contributed by atoms with Gasteiger partial charge in [-0.1, -0.05) is 11.6 Å². The number of amides is 2. The zero-order valence-electron chi connectivity index (χ0n) is 12.1. The van der Waals surface area contributed by atoms with E-state index in [1.54, 1.807) is 12.1 Å². The summed E-state index contributed by atoms with van der Waals surface area (Å²) in [6, 6.07) is 3.66. The summed E-state index contributed by atoms with van der Waals surface area (Å²) >= 11 is 6.15. The van der Waals surface area contributed by atoms with E-state index in [2.05, 4.69) is 16.0 Å². The third kappa shape index (κ3) is 3.51. The Morgan fingerprint density at radius 2 is 2.32 bits per heavy atom. The summed E-state index contributed by atoms with van der Waals surface area (Å²) in [5.41, 5.74) is 1.02. The molecule has 2 aliphatic rings. The zero-order chi connectivity index (χ0) is 15.5. The second-order valence-corrected chi connectivity index (χ2v) is 5.95. The lowest BCUT2D eigenvalue weighted by Gasteiger charge is -2.19. The SMILES string of the molecule is O=C(CCC1CCCN1)Nc1cc2c(cc1Cl)NC(=O)CO2. The van der Waals surface area contributed by atoms with Gasteiger partial charge in [-0.15, -0.1) is 0 Å². The van der Waals surface area contributed by atoms with Gasteiger partial charge >= 0.3 is 0 Å². The highest BCUT2D eigenvalue weighted by Gasteiger charge is 2.20. The summed E-state index contributed by atoms with van der Waals surface area (Å²) in [4.78, 5) is 23.3. The van der Waals surface area contributed by atoms with Crippen LogP contribution in [0.4, 0.5) is 11.4 Å². The van der Waals surface area contributed by atoms with Crippen LogP contribution in [0.25, 0.3) is 0 Å². The molecule has 6 nitrogen and oxygen atoms in total. The third-order valence-electron chi connectivity index (χ3n) is 3.86. The molecule has 3 rings (SSSR count). The lowest BCUT2D eigenvalue weighted by Crippen LogP contribution is -2.26. The van der Waals surface area contributed by atoms with Crippen molar-refractivity contribution < 1.29 is 14.3 Å². The highest BCUT2D eigenvalue weighted by molar-refractivity contribution is 6.34. The molecule has 1 saturated heterocycles. The van der Waals surface area contributed by atoms with E-state index in [-0.39, 0.29) is 18.4 Å². The minimum Gasteiger partial charge on any atom is -0.482 e. The lowest BCUT2D eigenvalue weighted by molar-refractivity contribution is -0.118. The van der Waals surface area contributed by atoms with E-state index in [4.69, 9.17) is 16.3 Å². The van der Waals surface area contributed by atoms with Crippen molar-refractivity contribution >= 4 is 34.8 Å². The maximum absolute atomic E-state index is 12.0. The Balaban J connectivity index is 1.62. The molecule has 2 aliphatic heterocycles. The van der Waals surface area contributed by atoms with Gasteiger partial charge in [0.25, 0.3) is 5.91 Å². The highest BCUT2D eigenvalue weighted by Crippen LogP contribution is 2.36. The molecule has 22 heavy (non-hydrogen) atoms. The van der Waals surface area contributed by atoms with Gasteiger partial charge in [-0.3, -0.25) is 9.59 Å². The summed E-state index contributed by atoms with van der Waals surface area (Å²) in [5, 5.41) is 9.22. The Bertz CT molecular complexity index is 600. The molecule has 0 aromatic heterocycles. The molecule has 0 radical (unpaired) electrons. The van der Waals surface area contributed by atoms with Crippen molar-refractivity contribution in [3.63, 3.8) is 0 Å². The quantitative estimate of drug-likeness (QED) is 0.793. The Hall–Kier alpha value is -1.79. The summed E-state index contributed by atoms with van der Waals surface area (Å²) in [7, 11) is 0. The molecule has 118 valence electrons. The molecule has 2 amide bonds. The first-order valence-corrected chi connectivity index (χ1v) is 7.79. The Morgan fingerprint density at radius 1 is 1.45 bits per heavy atom. The minimum atomic E-state index is -0.218. The predicted molar refractivity (Wildman–Crippen MR) is 84.5 cm³/mol. The van der Waals surface area contributed by atoms with Crippen LogP contribution in [-0.2, 0) is 9.59 Å². The summed E-state index contributed by atoms with van der Waals surface area (Å²) in [6.45, 7) is 1.00. The monoisotopic (exact) mass is 323 g/mol. The fourth-order valence-corrected chi connectivity index (χ4v) is 2.93. The molecular formula is C15H18ClN3O3. The molecule has 7 heteroatoms. The molecule has 0 saturated carbocycles. The minimum absolute atomic E-state index is 0.0324. The number of ether oxygens (including phenoxy) is 1. The molecule has 1 fully saturated rings. The van der Waals surface area contributed by atoms with E-state index in [1.807, 2.05) is 0 Å². The van der Waals surface area contributed by atoms with Gasteiger partial charge < -0.3 is 20.7 Å². The number of hydrogen-bond donors (Lipinski definition) is 3. The van der Waals surface area contributed by atoms with E-state index >= 15 is 0 Å². The fourth-order valence-electron chi connectivity index (χ4n) is 2.72.